The van der Waals surface area contributed by atoms with Crippen LogP contribution in [-0.2, 0) is 6.67 Å². The first-order valence-electron chi connectivity index (χ1n) is 3.98. The molecular formula is C11H13F. The van der Waals surface area contributed by atoms with Crippen LogP contribution in [0.15, 0.2) is 18.7 Å². The number of rotatable bonds is 2. The Morgan fingerprint density at radius 1 is 1.42 bits per heavy atom. The molecule has 0 aromatic heterocycles. The van der Waals surface area contributed by atoms with Crippen molar-refractivity contribution in [1.82, 2.24) is 0 Å². The van der Waals surface area contributed by atoms with Crippen LogP contribution >= 0.6 is 0 Å². The Morgan fingerprint density at radius 3 is 2.58 bits per heavy atom. The summed E-state index contributed by atoms with van der Waals surface area (Å²) >= 11 is 0. The van der Waals surface area contributed by atoms with Crippen LogP contribution < -0.4 is 0 Å². The predicted molar refractivity (Wildman–Crippen MR) is 50.8 cm³/mol. The lowest BCUT2D eigenvalue weighted by Gasteiger charge is -2.08. The maximum Gasteiger partial charge on any atom is 0.115 e. The van der Waals surface area contributed by atoms with Gasteiger partial charge in [0.15, 0.2) is 0 Å². The van der Waals surface area contributed by atoms with E-state index in [1.807, 2.05) is 26.0 Å². The topological polar surface area (TPSA) is 0 Å². The summed E-state index contributed by atoms with van der Waals surface area (Å²) in [5.41, 5.74) is 3.84. The van der Waals surface area contributed by atoms with Gasteiger partial charge in [-0.3, -0.25) is 0 Å². The lowest BCUT2D eigenvalue weighted by Crippen LogP contribution is -1.92. The van der Waals surface area contributed by atoms with Crippen molar-refractivity contribution in [3.05, 3.63) is 41.0 Å². The van der Waals surface area contributed by atoms with Crippen LogP contribution in [-0.4, -0.2) is 0 Å². The summed E-state index contributed by atoms with van der Waals surface area (Å²) in [6.07, 6.45) is 1.76. The Hall–Kier alpha value is -1.11. The van der Waals surface area contributed by atoms with Gasteiger partial charge in [0, 0.05) is 0 Å². The van der Waals surface area contributed by atoms with Gasteiger partial charge in [-0.15, -0.1) is 0 Å². The Kier molecular flexibility index (Phi) is 2.64. The Morgan fingerprint density at radius 2 is 2.08 bits per heavy atom. The summed E-state index contributed by atoms with van der Waals surface area (Å²) in [6, 6.07) is 3.90. The molecule has 0 heterocycles. The fourth-order valence-electron chi connectivity index (χ4n) is 1.34. The van der Waals surface area contributed by atoms with Crippen LogP contribution in [0.5, 0.6) is 0 Å². The third-order valence-corrected chi connectivity index (χ3v) is 2.23. The Balaban J connectivity index is 3.33. The molecule has 0 aliphatic heterocycles. The standard InChI is InChI=1S/C11H13F/c1-4-10-6-5-8(2)11(7-12)9(10)3/h4-6H,1,7H2,2-3H3. The van der Waals surface area contributed by atoms with E-state index in [0.29, 0.717) is 0 Å². The van der Waals surface area contributed by atoms with Gasteiger partial charge in [0.2, 0.25) is 0 Å². The van der Waals surface area contributed by atoms with E-state index in [2.05, 4.69) is 6.58 Å². The second-order valence-corrected chi connectivity index (χ2v) is 2.91. The minimum atomic E-state index is -0.390. The molecule has 0 aliphatic carbocycles. The molecule has 0 nitrogen and oxygen atoms in total. The largest absolute Gasteiger partial charge is 0.246 e. The highest BCUT2D eigenvalue weighted by Gasteiger charge is 2.04. The summed E-state index contributed by atoms with van der Waals surface area (Å²) in [4.78, 5) is 0. The highest BCUT2D eigenvalue weighted by Crippen LogP contribution is 2.19. The van der Waals surface area contributed by atoms with Gasteiger partial charge >= 0.3 is 0 Å². The molecule has 0 N–H and O–H groups in total. The zero-order valence-corrected chi connectivity index (χ0v) is 7.52. The van der Waals surface area contributed by atoms with Gasteiger partial charge < -0.3 is 0 Å². The van der Waals surface area contributed by atoms with Crippen LogP contribution in [0.4, 0.5) is 4.39 Å². The van der Waals surface area contributed by atoms with Crippen LogP contribution in [0.2, 0.25) is 0 Å². The van der Waals surface area contributed by atoms with Gasteiger partial charge in [0.05, 0.1) is 0 Å². The molecule has 0 amide bonds. The maximum absolute atomic E-state index is 12.5. The first kappa shape index (κ1) is 8.98. The lowest BCUT2D eigenvalue weighted by atomic mass is 9.99. The first-order valence-corrected chi connectivity index (χ1v) is 3.98. The van der Waals surface area contributed by atoms with Crippen molar-refractivity contribution >= 4 is 6.08 Å². The van der Waals surface area contributed by atoms with Gasteiger partial charge in [-0.05, 0) is 36.1 Å². The average Bonchev–Trinajstić information content (AvgIpc) is 2.06. The van der Waals surface area contributed by atoms with Crippen LogP contribution in [0.3, 0.4) is 0 Å². The fourth-order valence-corrected chi connectivity index (χ4v) is 1.34. The minimum absolute atomic E-state index is 0.390. The number of aryl methyl sites for hydroxylation is 1. The van der Waals surface area contributed by atoms with Crippen LogP contribution in [0.25, 0.3) is 6.08 Å². The monoisotopic (exact) mass is 164 g/mol. The molecule has 12 heavy (non-hydrogen) atoms. The third kappa shape index (κ3) is 1.40. The molecule has 1 aromatic rings. The van der Waals surface area contributed by atoms with Gasteiger partial charge in [-0.25, -0.2) is 4.39 Å². The van der Waals surface area contributed by atoms with Crippen molar-refractivity contribution in [1.29, 1.82) is 0 Å². The average molecular weight is 164 g/mol. The van der Waals surface area contributed by atoms with E-state index in [1.165, 1.54) is 0 Å². The number of hydrogen-bond donors (Lipinski definition) is 0. The molecule has 0 atom stereocenters. The molecule has 0 bridgehead atoms. The molecule has 0 aliphatic rings. The van der Waals surface area contributed by atoms with Crippen LogP contribution in [0.1, 0.15) is 22.3 Å². The highest BCUT2D eigenvalue weighted by atomic mass is 19.1. The highest BCUT2D eigenvalue weighted by molar-refractivity contribution is 5.55. The molecule has 0 spiro atoms. The maximum atomic E-state index is 12.5. The molecular weight excluding hydrogens is 151 g/mol. The number of hydrogen-bond acceptors (Lipinski definition) is 0. The van der Waals surface area contributed by atoms with E-state index in [9.17, 15) is 4.39 Å². The smallest absolute Gasteiger partial charge is 0.115 e. The first-order chi connectivity index (χ1) is 5.70. The Bertz CT molecular complexity index is 300. The molecule has 1 rings (SSSR count). The summed E-state index contributed by atoms with van der Waals surface area (Å²) in [5, 5.41) is 0. The quantitative estimate of drug-likeness (QED) is 0.628. The molecule has 64 valence electrons. The summed E-state index contributed by atoms with van der Waals surface area (Å²) < 4.78 is 12.5. The molecule has 0 fully saturated rings. The number of halogens is 1. The van der Waals surface area contributed by atoms with Gasteiger partial charge in [-0.2, -0.15) is 0 Å². The third-order valence-electron chi connectivity index (χ3n) is 2.23. The molecule has 1 heteroatoms. The van der Waals surface area contributed by atoms with E-state index >= 15 is 0 Å². The second-order valence-electron chi connectivity index (χ2n) is 2.91. The van der Waals surface area contributed by atoms with Crippen molar-refractivity contribution in [3.8, 4) is 0 Å². The van der Waals surface area contributed by atoms with Crippen molar-refractivity contribution in [2.75, 3.05) is 0 Å². The number of alkyl halides is 1. The van der Waals surface area contributed by atoms with E-state index in [4.69, 9.17) is 0 Å². The summed E-state index contributed by atoms with van der Waals surface area (Å²) in [7, 11) is 0. The van der Waals surface area contributed by atoms with Crippen molar-refractivity contribution in [3.63, 3.8) is 0 Å². The van der Waals surface area contributed by atoms with E-state index in [1.54, 1.807) is 6.08 Å². The molecule has 0 radical (unpaired) electrons. The number of benzene rings is 1. The zero-order valence-electron chi connectivity index (χ0n) is 7.52. The van der Waals surface area contributed by atoms with Crippen LogP contribution in [0, 0.1) is 13.8 Å². The van der Waals surface area contributed by atoms with Crippen molar-refractivity contribution in [2.45, 2.75) is 20.5 Å². The molecule has 1 aromatic carbocycles. The fraction of sp³-hybridized carbons (Fsp3) is 0.273. The molecule has 0 saturated carbocycles. The van der Waals surface area contributed by atoms with Crippen molar-refractivity contribution in [2.24, 2.45) is 0 Å². The Labute approximate surface area is 72.7 Å². The lowest BCUT2D eigenvalue weighted by molar-refractivity contribution is 0.482. The summed E-state index contributed by atoms with van der Waals surface area (Å²) in [6.45, 7) is 7.14. The SMILES string of the molecule is C=Cc1ccc(C)c(CF)c1C. The second kappa shape index (κ2) is 3.53. The minimum Gasteiger partial charge on any atom is -0.246 e. The molecule has 0 unspecified atom stereocenters. The van der Waals surface area contributed by atoms with Gasteiger partial charge in [-0.1, -0.05) is 24.8 Å². The summed E-state index contributed by atoms with van der Waals surface area (Å²) in [5.74, 6) is 0. The van der Waals surface area contributed by atoms with E-state index < -0.39 is 0 Å². The predicted octanol–water partition coefficient (Wildman–Crippen LogP) is 3.42. The van der Waals surface area contributed by atoms with Gasteiger partial charge in [0.1, 0.15) is 6.67 Å². The van der Waals surface area contributed by atoms with Crippen molar-refractivity contribution < 1.29 is 4.39 Å². The zero-order chi connectivity index (χ0) is 9.14. The van der Waals surface area contributed by atoms with Gasteiger partial charge in [0.25, 0.3) is 0 Å². The normalized spacial score (nSPS) is 9.92. The van der Waals surface area contributed by atoms with E-state index in [0.717, 1.165) is 22.3 Å². The van der Waals surface area contributed by atoms with E-state index in [-0.39, 0.29) is 6.67 Å². The molecule has 0 saturated heterocycles.